The van der Waals surface area contributed by atoms with Crippen LogP contribution in [0.4, 0.5) is 5.69 Å². The number of rotatable bonds is 2. The fourth-order valence-electron chi connectivity index (χ4n) is 3.00. The number of hydrogen-bond acceptors (Lipinski definition) is 5. The van der Waals surface area contributed by atoms with Crippen molar-refractivity contribution in [3.8, 4) is 17.0 Å². The topological polar surface area (TPSA) is 63.9 Å². The summed E-state index contributed by atoms with van der Waals surface area (Å²) in [5.41, 5.74) is 3.56. The lowest BCUT2D eigenvalue weighted by Crippen LogP contribution is -2.41. The Morgan fingerprint density at radius 1 is 1.38 bits per heavy atom. The Labute approximate surface area is 142 Å². The van der Waals surface area contributed by atoms with Gasteiger partial charge in [-0.2, -0.15) is 0 Å². The van der Waals surface area contributed by atoms with Gasteiger partial charge in [-0.25, -0.2) is 4.98 Å². The summed E-state index contributed by atoms with van der Waals surface area (Å²) >= 11 is 1.49. The highest BCUT2D eigenvalue weighted by atomic mass is 32.1. The molecular weight excluding hydrogens is 326 g/mol. The number of aryl methyl sites for hydroxylation is 1. The van der Waals surface area contributed by atoms with Crippen LogP contribution in [0.15, 0.2) is 23.6 Å². The van der Waals surface area contributed by atoms with Crippen LogP contribution in [0.3, 0.4) is 0 Å². The molecule has 1 aliphatic heterocycles. The van der Waals surface area contributed by atoms with E-state index in [1.54, 1.807) is 18.9 Å². The first-order valence-electron chi connectivity index (χ1n) is 7.51. The minimum absolute atomic E-state index is 0.100. The summed E-state index contributed by atoms with van der Waals surface area (Å²) in [6.45, 7) is 3.67. The first-order chi connectivity index (χ1) is 11.5. The number of nitrogens with zero attached hydrogens (tertiary/aromatic N) is 3. The maximum absolute atomic E-state index is 12.1. The smallest absolute Gasteiger partial charge is 0.267 e. The fourth-order valence-corrected chi connectivity index (χ4v) is 3.88. The third-order valence-corrected chi connectivity index (χ3v) is 5.20. The van der Waals surface area contributed by atoms with Crippen LogP contribution in [0.1, 0.15) is 23.1 Å². The lowest BCUT2D eigenvalue weighted by atomic mass is 10.1. The molecule has 2 aromatic heterocycles. The molecule has 24 heavy (non-hydrogen) atoms. The predicted molar refractivity (Wildman–Crippen MR) is 92.1 cm³/mol. The van der Waals surface area contributed by atoms with Crippen LogP contribution in [0.5, 0.6) is 5.75 Å². The molecule has 0 radical (unpaired) electrons. The van der Waals surface area contributed by atoms with Crippen molar-refractivity contribution in [1.82, 2.24) is 9.38 Å². The number of hydrogen-bond donors (Lipinski definition) is 0. The Kier molecular flexibility index (Phi) is 3.21. The zero-order valence-electron chi connectivity index (χ0n) is 13.4. The summed E-state index contributed by atoms with van der Waals surface area (Å²) in [5, 5.41) is 1.97. The second-order valence-electron chi connectivity index (χ2n) is 5.80. The third kappa shape index (κ3) is 1.98. The number of anilines is 1. The first kappa shape index (κ1) is 14.9. The number of aldehydes is 1. The molecule has 0 bridgehead atoms. The second-order valence-corrected chi connectivity index (χ2v) is 6.63. The Hall–Kier alpha value is -2.67. The molecule has 7 heteroatoms. The van der Waals surface area contributed by atoms with Gasteiger partial charge in [-0.1, -0.05) is 0 Å². The van der Waals surface area contributed by atoms with Crippen LogP contribution in [0.25, 0.3) is 16.2 Å². The summed E-state index contributed by atoms with van der Waals surface area (Å²) in [6, 6.07) is 5.52. The number of likely N-dealkylation sites (N-methyl/N-ethyl adjacent to an activating group) is 1. The van der Waals surface area contributed by atoms with Gasteiger partial charge in [-0.15, -0.1) is 11.3 Å². The standard InChI is InChI=1S/C17H15N3O3S/c1-9-8-24-17-18-15(13(7-21)20(9)17)11-4-5-14-12(6-11)19(3)16(22)10(2)23-14/h4-8,10H,1-3H3. The molecule has 1 unspecified atom stereocenters. The van der Waals surface area contributed by atoms with Crippen LogP contribution in [0.2, 0.25) is 0 Å². The van der Waals surface area contributed by atoms with Crippen LogP contribution in [-0.2, 0) is 4.79 Å². The van der Waals surface area contributed by atoms with Gasteiger partial charge in [0, 0.05) is 23.7 Å². The van der Waals surface area contributed by atoms with Gasteiger partial charge in [-0.3, -0.25) is 14.0 Å². The van der Waals surface area contributed by atoms with Gasteiger partial charge in [-0.05, 0) is 32.0 Å². The van der Waals surface area contributed by atoms with Gasteiger partial charge in [0.25, 0.3) is 5.91 Å². The van der Waals surface area contributed by atoms with Gasteiger partial charge >= 0.3 is 0 Å². The number of aromatic nitrogens is 2. The van der Waals surface area contributed by atoms with E-state index in [1.807, 2.05) is 34.9 Å². The van der Waals surface area contributed by atoms with Crippen molar-refractivity contribution in [3.05, 3.63) is 35.0 Å². The third-order valence-electron chi connectivity index (χ3n) is 4.26. The quantitative estimate of drug-likeness (QED) is 0.672. The summed E-state index contributed by atoms with van der Waals surface area (Å²) in [4.78, 5) is 30.7. The highest BCUT2D eigenvalue weighted by molar-refractivity contribution is 7.15. The molecule has 0 N–H and O–H groups in total. The lowest BCUT2D eigenvalue weighted by Gasteiger charge is -2.30. The molecule has 3 heterocycles. The maximum atomic E-state index is 12.1. The number of carbonyl (C=O) groups excluding carboxylic acids is 2. The summed E-state index contributed by atoms with van der Waals surface area (Å²) in [7, 11) is 1.72. The van der Waals surface area contributed by atoms with Crippen molar-refractivity contribution in [2.45, 2.75) is 20.0 Å². The average molecular weight is 341 g/mol. The fraction of sp³-hybridized carbons (Fsp3) is 0.235. The molecule has 0 spiro atoms. The zero-order valence-corrected chi connectivity index (χ0v) is 14.3. The number of fused-ring (bicyclic) bond motifs is 2. The number of thiazole rings is 1. The van der Waals surface area contributed by atoms with E-state index in [4.69, 9.17) is 4.74 Å². The monoisotopic (exact) mass is 341 g/mol. The summed E-state index contributed by atoms with van der Waals surface area (Å²) in [6.07, 6.45) is 0.321. The molecule has 1 atom stereocenters. The average Bonchev–Trinajstić information content (AvgIpc) is 3.12. The number of benzene rings is 1. The molecule has 1 amide bonds. The number of imidazole rings is 1. The Morgan fingerprint density at radius 2 is 2.17 bits per heavy atom. The molecular formula is C17H15N3O3S. The van der Waals surface area contributed by atoms with Crippen LogP contribution >= 0.6 is 11.3 Å². The van der Waals surface area contributed by atoms with Crippen molar-refractivity contribution in [2.24, 2.45) is 0 Å². The highest BCUT2D eigenvalue weighted by Crippen LogP contribution is 2.37. The van der Waals surface area contributed by atoms with Crippen molar-refractivity contribution in [1.29, 1.82) is 0 Å². The molecule has 6 nitrogen and oxygen atoms in total. The number of amides is 1. The van der Waals surface area contributed by atoms with Gasteiger partial charge < -0.3 is 9.64 Å². The Bertz CT molecular complexity index is 989. The molecule has 0 fully saturated rings. The van der Waals surface area contributed by atoms with Crippen molar-refractivity contribution >= 4 is 34.2 Å². The van der Waals surface area contributed by atoms with Gasteiger partial charge in [0.2, 0.25) is 0 Å². The van der Waals surface area contributed by atoms with Crippen LogP contribution in [0, 0.1) is 6.92 Å². The molecule has 1 aromatic carbocycles. The highest BCUT2D eigenvalue weighted by Gasteiger charge is 2.29. The Balaban J connectivity index is 1.90. The van der Waals surface area contributed by atoms with E-state index in [9.17, 15) is 9.59 Å². The molecule has 0 aliphatic carbocycles. The summed E-state index contributed by atoms with van der Waals surface area (Å²) in [5.74, 6) is 0.551. The normalized spacial score (nSPS) is 17.0. The minimum Gasteiger partial charge on any atom is -0.479 e. The first-order valence-corrected chi connectivity index (χ1v) is 8.39. The van der Waals surface area contributed by atoms with E-state index >= 15 is 0 Å². The minimum atomic E-state index is -0.500. The zero-order chi connectivity index (χ0) is 17.0. The van der Waals surface area contributed by atoms with E-state index in [2.05, 4.69) is 4.98 Å². The largest absolute Gasteiger partial charge is 0.479 e. The molecule has 0 saturated heterocycles. The van der Waals surface area contributed by atoms with E-state index < -0.39 is 6.10 Å². The van der Waals surface area contributed by atoms with Crippen LogP contribution < -0.4 is 9.64 Å². The number of carbonyl (C=O) groups is 2. The molecule has 3 aromatic rings. The molecule has 0 saturated carbocycles. The Morgan fingerprint density at radius 3 is 2.92 bits per heavy atom. The van der Waals surface area contributed by atoms with Gasteiger partial charge in [0.1, 0.15) is 17.1 Å². The van der Waals surface area contributed by atoms with E-state index in [0.717, 1.165) is 22.5 Å². The lowest BCUT2D eigenvalue weighted by molar-refractivity contribution is -0.125. The molecule has 1 aliphatic rings. The maximum Gasteiger partial charge on any atom is 0.267 e. The molecule has 122 valence electrons. The van der Waals surface area contributed by atoms with Gasteiger partial charge in [0.15, 0.2) is 17.4 Å². The van der Waals surface area contributed by atoms with Crippen LogP contribution in [-0.4, -0.2) is 34.7 Å². The SMILES string of the molecule is Cc1csc2nc(-c3ccc4c(c3)N(C)C(=O)C(C)O4)c(C=O)n12. The van der Waals surface area contributed by atoms with Crippen molar-refractivity contribution in [3.63, 3.8) is 0 Å². The number of ether oxygens (including phenoxy) is 1. The van der Waals surface area contributed by atoms with E-state index in [1.165, 1.54) is 11.3 Å². The van der Waals surface area contributed by atoms with Crippen molar-refractivity contribution < 1.29 is 14.3 Å². The van der Waals surface area contributed by atoms with E-state index in [-0.39, 0.29) is 5.91 Å². The van der Waals surface area contributed by atoms with Gasteiger partial charge in [0.05, 0.1) is 5.69 Å². The predicted octanol–water partition coefficient (Wildman–Crippen LogP) is 2.93. The van der Waals surface area contributed by atoms with Crippen molar-refractivity contribution in [2.75, 3.05) is 11.9 Å². The molecule has 4 rings (SSSR count). The summed E-state index contributed by atoms with van der Waals surface area (Å²) < 4.78 is 7.49. The second kappa shape index (κ2) is 5.17. The van der Waals surface area contributed by atoms with E-state index in [0.29, 0.717) is 22.8 Å².